The highest BCUT2D eigenvalue weighted by atomic mass is 32.2. The molecule has 2 saturated heterocycles. The number of nitrogens with one attached hydrogen (secondary N) is 1. The molecule has 2 aromatic carbocycles. The Hall–Kier alpha value is -2.80. The van der Waals surface area contributed by atoms with Crippen molar-refractivity contribution in [1.82, 2.24) is 9.21 Å². The van der Waals surface area contributed by atoms with E-state index in [1.165, 1.54) is 46.4 Å². The Bertz CT molecular complexity index is 1280. The molecule has 2 aromatic rings. The topological polar surface area (TPSA) is 108 Å². The number of carbonyl (C=O) groups excluding carboxylic acids is 2. The molecule has 2 fully saturated rings. The van der Waals surface area contributed by atoms with Crippen molar-refractivity contribution in [3.8, 4) is 0 Å². The lowest BCUT2D eigenvalue weighted by Gasteiger charge is -2.26. The van der Waals surface area contributed by atoms with Crippen LogP contribution in [0.3, 0.4) is 0 Å². The Morgan fingerprint density at radius 3 is 2.49 bits per heavy atom. The van der Waals surface area contributed by atoms with Crippen LogP contribution >= 0.6 is 11.8 Å². The number of aliphatic imine (C=N–C) groups is 1. The number of nitrogens with zero attached hydrogens (tertiary/aromatic N) is 3. The van der Waals surface area contributed by atoms with Crippen LogP contribution in [0, 0.1) is 11.7 Å². The number of hydrogen-bond donors (Lipinski definition) is 1. The molecule has 0 bridgehead atoms. The SMILES string of the molecule is CC(C)CN1C(=O)[C@@H](CC(=O)Nc2ccccc2F)SC1=Nc1ccc(S(=O)(=O)N2CCOCC2)cc1. The minimum absolute atomic E-state index is 0.0583. The molecule has 0 aliphatic carbocycles. The van der Waals surface area contributed by atoms with E-state index >= 15 is 0 Å². The Kier molecular flexibility index (Phi) is 8.63. The first kappa shape index (κ1) is 27.2. The minimum atomic E-state index is -3.63. The van der Waals surface area contributed by atoms with E-state index in [2.05, 4.69) is 10.3 Å². The molecule has 0 unspecified atom stereocenters. The molecular formula is C25H29FN4O5S2. The number of morpholine rings is 1. The zero-order valence-corrected chi connectivity index (χ0v) is 22.2. The van der Waals surface area contributed by atoms with Crippen molar-refractivity contribution in [3.05, 3.63) is 54.3 Å². The second kappa shape index (κ2) is 11.7. The number of ether oxygens (including phenoxy) is 1. The Morgan fingerprint density at radius 2 is 1.84 bits per heavy atom. The quantitative estimate of drug-likeness (QED) is 0.541. The monoisotopic (exact) mass is 548 g/mol. The maximum Gasteiger partial charge on any atom is 0.243 e. The molecule has 2 aliphatic heterocycles. The number of amides is 2. The van der Waals surface area contributed by atoms with Gasteiger partial charge in [0.25, 0.3) is 0 Å². The number of benzene rings is 2. The number of carbonyl (C=O) groups is 2. The number of rotatable bonds is 8. The molecule has 0 spiro atoms. The van der Waals surface area contributed by atoms with Gasteiger partial charge in [0.1, 0.15) is 11.1 Å². The molecule has 4 rings (SSSR count). The van der Waals surface area contributed by atoms with Crippen molar-refractivity contribution >= 4 is 50.1 Å². The van der Waals surface area contributed by atoms with Crippen molar-refractivity contribution < 1.29 is 27.1 Å². The summed E-state index contributed by atoms with van der Waals surface area (Å²) in [7, 11) is -3.63. The molecule has 2 aliphatic rings. The summed E-state index contributed by atoms with van der Waals surface area (Å²) in [6, 6.07) is 12.0. The van der Waals surface area contributed by atoms with Crippen LogP contribution in [0.15, 0.2) is 58.4 Å². The van der Waals surface area contributed by atoms with Crippen molar-refractivity contribution in [3.63, 3.8) is 0 Å². The fourth-order valence-corrected chi connectivity index (χ4v) is 6.50. The summed E-state index contributed by atoms with van der Waals surface area (Å²) >= 11 is 1.17. The lowest BCUT2D eigenvalue weighted by atomic mass is 10.2. The van der Waals surface area contributed by atoms with Crippen molar-refractivity contribution in [2.45, 2.75) is 30.4 Å². The van der Waals surface area contributed by atoms with E-state index in [-0.39, 0.29) is 28.8 Å². The largest absolute Gasteiger partial charge is 0.379 e. The number of halogens is 1. The maximum absolute atomic E-state index is 13.9. The summed E-state index contributed by atoms with van der Waals surface area (Å²) in [5.41, 5.74) is 0.546. The molecule has 1 atom stereocenters. The highest BCUT2D eigenvalue weighted by Crippen LogP contribution is 2.33. The highest BCUT2D eigenvalue weighted by Gasteiger charge is 2.39. The second-order valence-electron chi connectivity index (χ2n) is 9.09. The van der Waals surface area contributed by atoms with Crippen molar-refractivity contribution in [2.24, 2.45) is 10.9 Å². The Labute approximate surface area is 220 Å². The zero-order chi connectivity index (χ0) is 26.6. The summed E-state index contributed by atoms with van der Waals surface area (Å²) in [6.45, 7) is 5.70. The van der Waals surface area contributed by atoms with Crippen LogP contribution in [0.25, 0.3) is 0 Å². The Balaban J connectivity index is 1.50. The van der Waals surface area contributed by atoms with Gasteiger partial charge >= 0.3 is 0 Å². The zero-order valence-electron chi connectivity index (χ0n) is 20.6. The van der Waals surface area contributed by atoms with Crippen LogP contribution in [-0.2, 0) is 24.3 Å². The third-order valence-corrected chi connectivity index (χ3v) is 8.84. The van der Waals surface area contributed by atoms with Gasteiger partial charge in [-0.05, 0) is 42.3 Å². The lowest BCUT2D eigenvalue weighted by Crippen LogP contribution is -2.40. The number of para-hydroxylation sites is 1. The van der Waals surface area contributed by atoms with Gasteiger partial charge in [0, 0.05) is 26.1 Å². The average molecular weight is 549 g/mol. The average Bonchev–Trinajstić information content (AvgIpc) is 3.14. The first-order chi connectivity index (χ1) is 17.6. The van der Waals surface area contributed by atoms with E-state index in [0.29, 0.717) is 43.7 Å². The highest BCUT2D eigenvalue weighted by molar-refractivity contribution is 8.15. The molecule has 37 heavy (non-hydrogen) atoms. The van der Waals surface area contributed by atoms with Gasteiger partial charge in [-0.2, -0.15) is 4.31 Å². The van der Waals surface area contributed by atoms with Gasteiger partial charge in [-0.1, -0.05) is 37.7 Å². The van der Waals surface area contributed by atoms with Crippen LogP contribution in [-0.4, -0.2) is 72.7 Å². The van der Waals surface area contributed by atoms with Gasteiger partial charge in [0.05, 0.1) is 29.5 Å². The molecule has 0 radical (unpaired) electrons. The summed E-state index contributed by atoms with van der Waals surface area (Å²) in [5.74, 6) is -1.11. The molecule has 12 heteroatoms. The van der Waals surface area contributed by atoms with Gasteiger partial charge in [-0.3, -0.25) is 14.5 Å². The number of thioether (sulfide) groups is 1. The van der Waals surface area contributed by atoms with Gasteiger partial charge < -0.3 is 10.1 Å². The molecule has 2 amide bonds. The number of sulfonamides is 1. The fourth-order valence-electron chi connectivity index (χ4n) is 3.93. The molecule has 0 saturated carbocycles. The fraction of sp³-hybridized carbons (Fsp3) is 0.400. The first-order valence-corrected chi connectivity index (χ1v) is 14.3. The van der Waals surface area contributed by atoms with Crippen molar-refractivity contribution in [2.75, 3.05) is 38.2 Å². The predicted octanol–water partition coefficient (Wildman–Crippen LogP) is 3.46. The van der Waals surface area contributed by atoms with Gasteiger partial charge in [-0.15, -0.1) is 0 Å². The molecular weight excluding hydrogens is 519 g/mol. The van der Waals surface area contributed by atoms with Gasteiger partial charge in [0.15, 0.2) is 5.17 Å². The summed E-state index contributed by atoms with van der Waals surface area (Å²) in [5, 5.41) is 2.25. The molecule has 2 heterocycles. The van der Waals surface area contributed by atoms with E-state index in [4.69, 9.17) is 4.74 Å². The molecule has 198 valence electrons. The third kappa shape index (κ3) is 6.56. The van der Waals surface area contributed by atoms with Crippen LogP contribution in [0.1, 0.15) is 20.3 Å². The predicted molar refractivity (Wildman–Crippen MR) is 141 cm³/mol. The van der Waals surface area contributed by atoms with Gasteiger partial charge in [-0.25, -0.2) is 17.8 Å². The van der Waals surface area contributed by atoms with Gasteiger partial charge in [0.2, 0.25) is 21.8 Å². The number of hydrogen-bond acceptors (Lipinski definition) is 7. The van der Waals surface area contributed by atoms with Crippen LogP contribution < -0.4 is 5.32 Å². The van der Waals surface area contributed by atoms with E-state index < -0.39 is 27.0 Å². The van der Waals surface area contributed by atoms with E-state index in [1.807, 2.05) is 13.8 Å². The molecule has 9 nitrogen and oxygen atoms in total. The maximum atomic E-state index is 13.9. The second-order valence-corrected chi connectivity index (χ2v) is 12.2. The lowest BCUT2D eigenvalue weighted by molar-refractivity contribution is -0.128. The minimum Gasteiger partial charge on any atom is -0.379 e. The van der Waals surface area contributed by atoms with E-state index in [9.17, 15) is 22.4 Å². The third-order valence-electron chi connectivity index (χ3n) is 5.76. The van der Waals surface area contributed by atoms with Crippen LogP contribution in [0.4, 0.5) is 15.8 Å². The van der Waals surface area contributed by atoms with E-state index in [1.54, 1.807) is 23.1 Å². The summed E-state index contributed by atoms with van der Waals surface area (Å²) < 4.78 is 46.3. The molecule has 0 aromatic heterocycles. The number of amidine groups is 1. The normalized spacial score (nSPS) is 20.1. The smallest absolute Gasteiger partial charge is 0.243 e. The Morgan fingerprint density at radius 1 is 1.16 bits per heavy atom. The number of anilines is 1. The summed E-state index contributed by atoms with van der Waals surface area (Å²) in [6.07, 6.45) is -0.137. The van der Waals surface area contributed by atoms with Crippen LogP contribution in [0.2, 0.25) is 0 Å². The van der Waals surface area contributed by atoms with Crippen molar-refractivity contribution in [1.29, 1.82) is 0 Å². The molecule has 1 N–H and O–H groups in total. The summed E-state index contributed by atoms with van der Waals surface area (Å²) in [4.78, 5) is 32.0. The van der Waals surface area contributed by atoms with E-state index in [0.717, 1.165) is 0 Å². The van der Waals surface area contributed by atoms with Crippen LogP contribution in [0.5, 0.6) is 0 Å². The first-order valence-electron chi connectivity index (χ1n) is 11.9. The standard InChI is InChI=1S/C25H29FN4O5S2/c1-17(2)16-30-24(32)22(15-23(31)28-21-6-4-3-5-20(21)26)36-25(30)27-18-7-9-19(10-8-18)37(33,34)29-11-13-35-14-12-29/h3-10,17,22H,11-16H2,1-2H3,(H,28,31)/t22-/m1/s1.